The molecule has 0 atom stereocenters. The van der Waals surface area contributed by atoms with Crippen molar-refractivity contribution in [3.05, 3.63) is 58.5 Å². The number of nitrogens with zero attached hydrogens (tertiary/aromatic N) is 2. The molecule has 1 amide bonds. The first-order valence-corrected chi connectivity index (χ1v) is 10.1. The highest BCUT2D eigenvalue weighted by molar-refractivity contribution is 8.18. The summed E-state index contributed by atoms with van der Waals surface area (Å²) in [5, 5.41) is 3.23. The van der Waals surface area contributed by atoms with Gasteiger partial charge in [-0.25, -0.2) is 9.79 Å². The Bertz CT molecular complexity index is 1010. The molecule has 2 aromatic carbocycles. The van der Waals surface area contributed by atoms with E-state index < -0.39 is 0 Å². The maximum Gasteiger partial charge on any atom is 0.338 e. The standard InChI is InChI=1S/C22H23N3O4S/c1-5-29-21(27)14-6-9-16(10-7-14)23-22-24-20(26)19(30-22)12-15-8-11-17(25(2)3)13-18(15)28-4/h6-13H,5H2,1-4H3,(H,23,24,26). The normalized spacial score (nSPS) is 15.9. The molecule has 8 heteroatoms. The van der Waals surface area contributed by atoms with Gasteiger partial charge in [-0.15, -0.1) is 0 Å². The Balaban J connectivity index is 1.78. The van der Waals surface area contributed by atoms with Crippen LogP contribution < -0.4 is 15.0 Å². The quantitative estimate of drug-likeness (QED) is 0.560. The largest absolute Gasteiger partial charge is 0.496 e. The van der Waals surface area contributed by atoms with Gasteiger partial charge in [0.2, 0.25) is 0 Å². The van der Waals surface area contributed by atoms with Crippen molar-refractivity contribution in [2.45, 2.75) is 6.92 Å². The third-order valence-electron chi connectivity index (χ3n) is 4.28. The Morgan fingerprint density at radius 2 is 1.93 bits per heavy atom. The number of nitrogens with one attached hydrogen (secondary N) is 1. The van der Waals surface area contributed by atoms with Gasteiger partial charge in [0.25, 0.3) is 5.91 Å². The number of thioether (sulfide) groups is 1. The van der Waals surface area contributed by atoms with E-state index >= 15 is 0 Å². The molecule has 1 heterocycles. The minimum Gasteiger partial charge on any atom is -0.496 e. The van der Waals surface area contributed by atoms with Gasteiger partial charge in [-0.3, -0.25) is 4.79 Å². The first-order valence-electron chi connectivity index (χ1n) is 9.33. The minimum absolute atomic E-state index is 0.222. The van der Waals surface area contributed by atoms with Crippen LogP contribution in [0, 0.1) is 0 Å². The number of amidine groups is 1. The van der Waals surface area contributed by atoms with Gasteiger partial charge < -0.3 is 19.7 Å². The van der Waals surface area contributed by atoms with Gasteiger partial charge in [0.15, 0.2) is 5.17 Å². The Labute approximate surface area is 179 Å². The Morgan fingerprint density at radius 3 is 2.57 bits per heavy atom. The number of hydrogen-bond acceptors (Lipinski definition) is 7. The van der Waals surface area contributed by atoms with Crippen molar-refractivity contribution in [3.63, 3.8) is 0 Å². The molecule has 0 radical (unpaired) electrons. The number of anilines is 1. The average molecular weight is 426 g/mol. The van der Waals surface area contributed by atoms with Gasteiger partial charge in [0, 0.05) is 31.4 Å². The van der Waals surface area contributed by atoms with Crippen LogP contribution >= 0.6 is 11.8 Å². The summed E-state index contributed by atoms with van der Waals surface area (Å²) in [7, 11) is 5.51. The Morgan fingerprint density at radius 1 is 1.20 bits per heavy atom. The van der Waals surface area contributed by atoms with E-state index in [9.17, 15) is 9.59 Å². The van der Waals surface area contributed by atoms with Gasteiger partial charge in [0.05, 0.1) is 29.9 Å². The summed E-state index contributed by atoms with van der Waals surface area (Å²) in [5.74, 6) is 0.0855. The first-order chi connectivity index (χ1) is 14.4. The summed E-state index contributed by atoms with van der Waals surface area (Å²) in [4.78, 5) is 31.1. The smallest absolute Gasteiger partial charge is 0.338 e. The fraction of sp³-hybridized carbons (Fsp3) is 0.227. The lowest BCUT2D eigenvalue weighted by Gasteiger charge is -2.15. The van der Waals surface area contributed by atoms with Crippen LogP contribution in [0.15, 0.2) is 52.4 Å². The zero-order valence-electron chi connectivity index (χ0n) is 17.3. The molecule has 3 rings (SSSR count). The molecular formula is C22H23N3O4S. The van der Waals surface area contributed by atoms with Crippen LogP contribution in [-0.4, -0.2) is 44.9 Å². The van der Waals surface area contributed by atoms with Gasteiger partial charge in [0.1, 0.15) is 5.75 Å². The second-order valence-corrected chi connectivity index (χ2v) is 7.60. The van der Waals surface area contributed by atoms with E-state index in [1.54, 1.807) is 44.4 Å². The van der Waals surface area contributed by atoms with Crippen LogP contribution in [-0.2, 0) is 9.53 Å². The van der Waals surface area contributed by atoms with Crippen molar-refractivity contribution in [1.82, 2.24) is 5.32 Å². The lowest BCUT2D eigenvalue weighted by molar-refractivity contribution is -0.115. The van der Waals surface area contributed by atoms with Gasteiger partial charge in [-0.2, -0.15) is 0 Å². The van der Waals surface area contributed by atoms with E-state index in [0.29, 0.717) is 33.7 Å². The van der Waals surface area contributed by atoms with E-state index in [1.165, 1.54) is 11.8 Å². The summed E-state index contributed by atoms with van der Waals surface area (Å²) in [6, 6.07) is 12.5. The van der Waals surface area contributed by atoms with E-state index in [4.69, 9.17) is 9.47 Å². The van der Waals surface area contributed by atoms with Crippen LogP contribution in [0.3, 0.4) is 0 Å². The van der Waals surface area contributed by atoms with Crippen molar-refractivity contribution in [2.75, 3.05) is 32.7 Å². The molecule has 0 bridgehead atoms. The zero-order valence-corrected chi connectivity index (χ0v) is 18.1. The second kappa shape index (κ2) is 9.49. The molecule has 0 unspecified atom stereocenters. The molecule has 0 aliphatic carbocycles. The van der Waals surface area contributed by atoms with Crippen LogP contribution in [0.25, 0.3) is 6.08 Å². The monoisotopic (exact) mass is 425 g/mol. The molecule has 0 aromatic heterocycles. The van der Waals surface area contributed by atoms with Crippen molar-refractivity contribution in [3.8, 4) is 5.75 Å². The molecule has 1 saturated heterocycles. The number of benzene rings is 2. The summed E-state index contributed by atoms with van der Waals surface area (Å²) in [6.45, 7) is 2.08. The lowest BCUT2D eigenvalue weighted by Crippen LogP contribution is -2.19. The van der Waals surface area contributed by atoms with E-state index in [2.05, 4.69) is 10.3 Å². The fourth-order valence-electron chi connectivity index (χ4n) is 2.72. The predicted octanol–water partition coefficient (Wildman–Crippen LogP) is 3.83. The van der Waals surface area contributed by atoms with Crippen LogP contribution in [0.5, 0.6) is 5.75 Å². The second-order valence-electron chi connectivity index (χ2n) is 6.57. The SMILES string of the molecule is CCOC(=O)c1ccc(N=C2NC(=O)C(=Cc3ccc(N(C)C)cc3OC)S2)cc1. The number of amides is 1. The molecule has 1 aliphatic heterocycles. The first kappa shape index (κ1) is 21.4. The van der Waals surface area contributed by atoms with E-state index in [0.717, 1.165) is 11.3 Å². The maximum absolute atomic E-state index is 12.4. The third-order valence-corrected chi connectivity index (χ3v) is 5.19. The molecule has 0 saturated carbocycles. The lowest BCUT2D eigenvalue weighted by atomic mass is 10.1. The molecule has 30 heavy (non-hydrogen) atoms. The fourth-order valence-corrected chi connectivity index (χ4v) is 3.56. The Kier molecular flexibility index (Phi) is 6.79. The van der Waals surface area contributed by atoms with Crippen molar-refractivity contribution >= 4 is 46.3 Å². The highest BCUT2D eigenvalue weighted by Crippen LogP contribution is 2.32. The van der Waals surface area contributed by atoms with Crippen molar-refractivity contribution in [1.29, 1.82) is 0 Å². The Hall–Kier alpha value is -3.26. The van der Waals surface area contributed by atoms with Crippen molar-refractivity contribution < 1.29 is 19.1 Å². The number of ether oxygens (including phenoxy) is 2. The van der Waals surface area contributed by atoms with Crippen molar-refractivity contribution in [2.24, 2.45) is 4.99 Å². The van der Waals surface area contributed by atoms with Gasteiger partial charge in [-0.05, 0) is 61.2 Å². The number of esters is 1. The number of carbonyl (C=O) groups is 2. The molecule has 0 spiro atoms. The number of rotatable bonds is 6. The van der Waals surface area contributed by atoms with Gasteiger partial charge >= 0.3 is 5.97 Å². The predicted molar refractivity (Wildman–Crippen MR) is 121 cm³/mol. The zero-order chi connectivity index (χ0) is 21.7. The number of carbonyl (C=O) groups excluding carboxylic acids is 2. The molecular weight excluding hydrogens is 402 g/mol. The number of hydrogen-bond donors (Lipinski definition) is 1. The highest BCUT2D eigenvalue weighted by Gasteiger charge is 2.24. The summed E-state index contributed by atoms with van der Waals surface area (Å²) in [5.41, 5.74) is 2.89. The highest BCUT2D eigenvalue weighted by atomic mass is 32.2. The van der Waals surface area contributed by atoms with E-state index in [1.807, 2.05) is 37.2 Å². The summed E-state index contributed by atoms with van der Waals surface area (Å²) < 4.78 is 10.4. The summed E-state index contributed by atoms with van der Waals surface area (Å²) >= 11 is 1.25. The van der Waals surface area contributed by atoms with Crippen LogP contribution in [0.2, 0.25) is 0 Å². The molecule has 1 aliphatic rings. The van der Waals surface area contributed by atoms with Crippen LogP contribution in [0.4, 0.5) is 11.4 Å². The molecule has 2 aromatic rings. The molecule has 156 valence electrons. The number of methoxy groups -OCH3 is 1. The van der Waals surface area contributed by atoms with Crippen LogP contribution in [0.1, 0.15) is 22.8 Å². The molecule has 7 nitrogen and oxygen atoms in total. The minimum atomic E-state index is -0.375. The van der Waals surface area contributed by atoms with Gasteiger partial charge in [-0.1, -0.05) is 0 Å². The topological polar surface area (TPSA) is 80.2 Å². The third kappa shape index (κ3) is 5.01. The number of aliphatic imine (C=N–C) groups is 1. The maximum atomic E-state index is 12.4. The molecule has 1 fully saturated rings. The summed E-state index contributed by atoms with van der Waals surface area (Å²) in [6.07, 6.45) is 1.78. The average Bonchev–Trinajstić information content (AvgIpc) is 3.07. The molecule has 1 N–H and O–H groups in total. The van der Waals surface area contributed by atoms with E-state index in [-0.39, 0.29) is 11.9 Å².